The van der Waals surface area contributed by atoms with E-state index in [4.69, 9.17) is 0 Å². The third-order valence-corrected chi connectivity index (χ3v) is 4.33. The highest BCUT2D eigenvalue weighted by Crippen LogP contribution is 2.14. The normalized spacial score (nSPS) is 12.0. The Balaban J connectivity index is 1.79. The van der Waals surface area contributed by atoms with Gasteiger partial charge in [0.25, 0.3) is 5.56 Å². The van der Waals surface area contributed by atoms with E-state index >= 15 is 0 Å². The van der Waals surface area contributed by atoms with Crippen molar-refractivity contribution in [3.05, 3.63) is 64.7 Å². The summed E-state index contributed by atoms with van der Waals surface area (Å²) < 4.78 is 1.61. The summed E-state index contributed by atoms with van der Waals surface area (Å²) >= 11 is 0. The van der Waals surface area contributed by atoms with Crippen molar-refractivity contribution in [2.75, 3.05) is 19.0 Å². The predicted octanol–water partition coefficient (Wildman–Crippen LogP) is 2.12. The number of hydrogen-bond acceptors (Lipinski definition) is 5. The van der Waals surface area contributed by atoms with Crippen LogP contribution < -0.4 is 15.8 Å². The van der Waals surface area contributed by atoms with Crippen molar-refractivity contribution >= 4 is 22.8 Å². The van der Waals surface area contributed by atoms with Crippen LogP contribution in [-0.4, -0.2) is 34.5 Å². The lowest BCUT2D eigenvalue weighted by atomic mass is 10.2. The lowest BCUT2D eigenvalue weighted by Crippen LogP contribution is -2.32. The Morgan fingerprint density at radius 2 is 1.93 bits per heavy atom. The van der Waals surface area contributed by atoms with Crippen LogP contribution in [0, 0.1) is 0 Å². The lowest BCUT2D eigenvalue weighted by Gasteiger charge is -2.17. The second-order valence-corrected chi connectivity index (χ2v) is 6.57. The summed E-state index contributed by atoms with van der Waals surface area (Å²) in [5, 5.41) is 2.93. The maximum absolute atomic E-state index is 12.8. The largest absolute Gasteiger partial charge is 0.358 e. The Hall–Kier alpha value is -3.22. The minimum Gasteiger partial charge on any atom is -0.358 e. The van der Waals surface area contributed by atoms with Crippen molar-refractivity contribution in [3.63, 3.8) is 0 Å². The predicted molar refractivity (Wildman–Crippen MR) is 106 cm³/mol. The smallest absolute Gasteiger partial charge is 0.293 e. The molecular weight excluding hydrogens is 342 g/mol. The van der Waals surface area contributed by atoms with E-state index in [0.29, 0.717) is 5.82 Å². The van der Waals surface area contributed by atoms with Gasteiger partial charge in [0.2, 0.25) is 5.91 Å². The maximum atomic E-state index is 12.8. The maximum Gasteiger partial charge on any atom is 0.293 e. The molecule has 0 saturated heterocycles. The molecule has 2 aromatic heterocycles. The van der Waals surface area contributed by atoms with E-state index < -0.39 is 0 Å². The average molecular weight is 365 g/mol. The fourth-order valence-electron chi connectivity index (χ4n) is 2.93. The number of nitrogens with one attached hydrogen (secondary N) is 1. The molecule has 0 aliphatic carbocycles. The first-order chi connectivity index (χ1) is 13.0. The molecule has 1 unspecified atom stereocenters. The summed E-state index contributed by atoms with van der Waals surface area (Å²) in [5.74, 6) is 0.225. The Bertz CT molecular complexity index is 998. The van der Waals surface area contributed by atoms with E-state index in [9.17, 15) is 9.59 Å². The zero-order chi connectivity index (χ0) is 19.4. The van der Waals surface area contributed by atoms with Crippen LogP contribution in [0.3, 0.4) is 0 Å². The first-order valence-electron chi connectivity index (χ1n) is 8.84. The van der Waals surface area contributed by atoms with E-state index in [1.165, 1.54) is 0 Å². The number of anilines is 1. The van der Waals surface area contributed by atoms with E-state index in [2.05, 4.69) is 15.3 Å². The Morgan fingerprint density at radius 3 is 2.63 bits per heavy atom. The van der Waals surface area contributed by atoms with Crippen molar-refractivity contribution in [1.82, 2.24) is 19.9 Å². The average Bonchev–Trinajstić information content (AvgIpc) is 2.67. The number of amides is 1. The van der Waals surface area contributed by atoms with Crippen LogP contribution in [0.2, 0.25) is 0 Å². The topological polar surface area (TPSA) is 80.1 Å². The van der Waals surface area contributed by atoms with Gasteiger partial charge in [-0.1, -0.05) is 18.2 Å². The molecule has 0 aliphatic heterocycles. The third-order valence-electron chi connectivity index (χ3n) is 4.33. The van der Waals surface area contributed by atoms with Gasteiger partial charge in [0.05, 0.1) is 22.8 Å². The van der Waals surface area contributed by atoms with Gasteiger partial charge in [-0.15, -0.1) is 0 Å². The number of carbonyl (C=O) groups is 1. The van der Waals surface area contributed by atoms with Gasteiger partial charge in [-0.25, -0.2) is 4.98 Å². The van der Waals surface area contributed by atoms with E-state index in [1.54, 1.807) is 29.8 Å². The van der Waals surface area contributed by atoms with Crippen molar-refractivity contribution in [2.45, 2.75) is 25.9 Å². The van der Waals surface area contributed by atoms with E-state index in [0.717, 1.165) is 16.7 Å². The number of aryl methyl sites for hydroxylation is 1. The molecule has 1 aromatic carbocycles. The zero-order valence-corrected chi connectivity index (χ0v) is 15.7. The van der Waals surface area contributed by atoms with Crippen molar-refractivity contribution < 1.29 is 4.79 Å². The number of fused-ring (bicyclic) bond motifs is 1. The van der Waals surface area contributed by atoms with Crippen molar-refractivity contribution in [2.24, 2.45) is 0 Å². The van der Waals surface area contributed by atoms with Gasteiger partial charge in [0.1, 0.15) is 0 Å². The number of benzene rings is 1. The molecule has 3 aromatic rings. The van der Waals surface area contributed by atoms with Crippen LogP contribution in [0.15, 0.2) is 53.5 Å². The monoisotopic (exact) mass is 365 g/mol. The van der Waals surface area contributed by atoms with Crippen molar-refractivity contribution in [1.29, 1.82) is 0 Å². The molecule has 0 spiro atoms. The number of carbonyl (C=O) groups excluding carboxylic acids is 1. The Labute approximate surface area is 157 Å². The molecular formula is C20H23N5O2. The third kappa shape index (κ3) is 4.13. The fourth-order valence-corrected chi connectivity index (χ4v) is 2.93. The molecule has 0 bridgehead atoms. The molecule has 7 heteroatoms. The molecule has 0 fully saturated rings. The minimum atomic E-state index is -0.204. The molecule has 27 heavy (non-hydrogen) atoms. The van der Waals surface area contributed by atoms with E-state index in [1.807, 2.05) is 49.4 Å². The highest BCUT2D eigenvalue weighted by molar-refractivity contribution is 5.78. The van der Waals surface area contributed by atoms with Crippen LogP contribution in [0.4, 0.5) is 5.82 Å². The molecule has 1 N–H and O–H groups in total. The summed E-state index contributed by atoms with van der Waals surface area (Å²) in [5.41, 5.74) is 2.04. The van der Waals surface area contributed by atoms with Crippen molar-refractivity contribution in [3.8, 4) is 0 Å². The summed E-state index contributed by atoms with van der Waals surface area (Å²) in [6.07, 6.45) is 1.89. The van der Waals surface area contributed by atoms with Crippen LogP contribution in [-0.2, 0) is 11.3 Å². The molecule has 1 atom stereocenters. The van der Waals surface area contributed by atoms with Crippen LogP contribution in [0.5, 0.6) is 0 Å². The van der Waals surface area contributed by atoms with Gasteiger partial charge in [0.15, 0.2) is 5.82 Å². The summed E-state index contributed by atoms with van der Waals surface area (Å²) in [6, 6.07) is 12.8. The highest BCUT2D eigenvalue weighted by Gasteiger charge is 2.15. The minimum absolute atomic E-state index is 0.132. The summed E-state index contributed by atoms with van der Waals surface area (Å²) in [7, 11) is 3.56. The molecule has 0 radical (unpaired) electrons. The second kappa shape index (κ2) is 7.99. The van der Waals surface area contributed by atoms with Crippen LogP contribution in [0.25, 0.3) is 11.0 Å². The molecule has 1 amide bonds. The molecule has 2 heterocycles. The molecule has 0 saturated carbocycles. The van der Waals surface area contributed by atoms with Gasteiger partial charge in [-0.05, 0) is 31.2 Å². The first kappa shape index (κ1) is 18.6. The standard InChI is InChI=1S/C20H23N5O2/c1-14(15-8-6-7-12-21-15)22-18(26)11-13-25-17-10-5-4-9-16(17)23-19(20(25)27)24(2)3/h4-10,12,14H,11,13H2,1-3H3,(H,22,26). The van der Waals surface area contributed by atoms with Gasteiger partial charge in [-0.2, -0.15) is 0 Å². The molecule has 7 nitrogen and oxygen atoms in total. The lowest BCUT2D eigenvalue weighted by molar-refractivity contribution is -0.122. The summed E-state index contributed by atoms with van der Waals surface area (Å²) in [6.45, 7) is 2.17. The van der Waals surface area contributed by atoms with Gasteiger partial charge < -0.3 is 14.8 Å². The molecule has 0 aliphatic rings. The number of rotatable bonds is 6. The number of aromatic nitrogens is 3. The highest BCUT2D eigenvalue weighted by atomic mass is 16.2. The second-order valence-electron chi connectivity index (χ2n) is 6.57. The Kier molecular flexibility index (Phi) is 5.49. The zero-order valence-electron chi connectivity index (χ0n) is 15.7. The van der Waals surface area contributed by atoms with Crippen LogP contribution in [0.1, 0.15) is 25.1 Å². The van der Waals surface area contributed by atoms with E-state index in [-0.39, 0.29) is 30.5 Å². The SMILES string of the molecule is CC(NC(=O)CCn1c(=O)c(N(C)C)nc2ccccc21)c1ccccn1. The van der Waals surface area contributed by atoms with Crippen LogP contribution >= 0.6 is 0 Å². The summed E-state index contributed by atoms with van der Waals surface area (Å²) in [4.78, 5) is 35.6. The number of nitrogens with zero attached hydrogens (tertiary/aromatic N) is 4. The molecule has 3 rings (SSSR count). The number of pyridine rings is 1. The Morgan fingerprint density at radius 1 is 1.19 bits per heavy atom. The molecule has 140 valence electrons. The number of para-hydroxylation sites is 2. The van der Waals surface area contributed by atoms with Gasteiger partial charge >= 0.3 is 0 Å². The fraction of sp³-hybridized carbons (Fsp3) is 0.300. The number of hydrogen-bond donors (Lipinski definition) is 1. The van der Waals surface area contributed by atoms with Gasteiger partial charge in [0, 0.05) is 33.3 Å². The quantitative estimate of drug-likeness (QED) is 0.724. The van der Waals surface area contributed by atoms with Gasteiger partial charge in [-0.3, -0.25) is 14.6 Å². The first-order valence-corrected chi connectivity index (χ1v) is 8.84.